The first kappa shape index (κ1) is 38.6. The van der Waals surface area contributed by atoms with Crippen molar-refractivity contribution in [3.05, 3.63) is 193 Å². The quantitative estimate of drug-likeness (QED) is 0.161. The Morgan fingerprint density at radius 1 is 0.484 bits per heavy atom. The average Bonchev–Trinajstić information content (AvgIpc) is 3.88. The van der Waals surface area contributed by atoms with Gasteiger partial charge in [-0.05, 0) is 112 Å². The predicted molar refractivity (Wildman–Crippen MR) is 275 cm³/mol. The number of hydrogen-bond acceptors (Lipinski definition) is 5. The molecule has 2 aliphatic rings. The Morgan fingerprint density at radius 2 is 1.08 bits per heavy atom. The van der Waals surface area contributed by atoms with Crippen LogP contribution in [0.2, 0.25) is 0 Å². The molecule has 64 heavy (non-hydrogen) atoms. The van der Waals surface area contributed by atoms with Crippen LogP contribution in [0.25, 0.3) is 32.0 Å². The van der Waals surface area contributed by atoms with Crippen LogP contribution in [0.15, 0.2) is 186 Å². The van der Waals surface area contributed by atoms with E-state index >= 15 is 0 Å². The molecule has 0 bridgehead atoms. The topological polar surface area (TPSA) is 22.9 Å². The monoisotopic (exact) mass is 845 g/mol. The van der Waals surface area contributed by atoms with Gasteiger partial charge >= 0.3 is 0 Å². The lowest BCUT2D eigenvalue weighted by Crippen LogP contribution is -2.60. The molecule has 0 unspecified atom stereocenters. The summed E-state index contributed by atoms with van der Waals surface area (Å²) in [6, 6.07) is 67.1. The van der Waals surface area contributed by atoms with E-state index < -0.39 is 0 Å². The lowest BCUT2D eigenvalue weighted by molar-refractivity contribution is 0.590. The number of thiophene rings is 1. The second-order valence-electron chi connectivity index (χ2n) is 19.4. The first-order valence-corrected chi connectivity index (χ1v) is 23.2. The standard InChI is InChI=1S/C58H48BN3OS/c1-57(2,3)37-28-31-41(32-29-37)61-46-33-30-38(58(4,5)6)34-45(46)59-54-48(61)35-42(60(39-18-9-7-10-19-39)40-20-11-8-12-21-40)36-49(54)62(55-44-23-14-16-27-52(44)64-56(55)59)47-24-17-26-51-53(47)43-22-13-15-25-50(43)63-51/h7-36H,1-6H3. The van der Waals surface area contributed by atoms with E-state index in [9.17, 15) is 0 Å². The van der Waals surface area contributed by atoms with E-state index in [1.165, 1.54) is 54.0 Å². The fourth-order valence-corrected chi connectivity index (χ4v) is 11.5. The van der Waals surface area contributed by atoms with Gasteiger partial charge in [-0.3, -0.25) is 0 Å². The maximum Gasteiger partial charge on any atom is 0.264 e. The van der Waals surface area contributed by atoms with Crippen molar-refractivity contribution in [2.75, 3.05) is 14.7 Å². The van der Waals surface area contributed by atoms with Crippen LogP contribution in [0.5, 0.6) is 0 Å². The van der Waals surface area contributed by atoms with Crippen LogP contribution in [0.1, 0.15) is 52.7 Å². The molecule has 4 nitrogen and oxygen atoms in total. The summed E-state index contributed by atoms with van der Waals surface area (Å²) in [5, 5.41) is 3.47. The van der Waals surface area contributed by atoms with Crippen molar-refractivity contribution < 1.29 is 4.42 Å². The molecule has 2 aromatic heterocycles. The van der Waals surface area contributed by atoms with Crippen LogP contribution in [0.3, 0.4) is 0 Å². The van der Waals surface area contributed by atoms with Crippen LogP contribution in [-0.4, -0.2) is 6.71 Å². The zero-order chi connectivity index (χ0) is 43.5. The third-order valence-electron chi connectivity index (χ3n) is 13.3. The van der Waals surface area contributed by atoms with Crippen molar-refractivity contribution in [1.29, 1.82) is 0 Å². The third kappa shape index (κ3) is 5.96. The fourth-order valence-electron chi connectivity index (χ4n) is 10.2. The van der Waals surface area contributed by atoms with Crippen LogP contribution < -0.4 is 30.4 Å². The summed E-state index contributed by atoms with van der Waals surface area (Å²) in [5.41, 5.74) is 17.3. The summed E-state index contributed by atoms with van der Waals surface area (Å²) in [5.74, 6) is 0. The molecule has 0 saturated heterocycles. The van der Waals surface area contributed by atoms with Crippen molar-refractivity contribution in [1.82, 2.24) is 0 Å². The Kier molecular flexibility index (Phi) is 8.60. The first-order chi connectivity index (χ1) is 31.0. The number of nitrogens with zero attached hydrogens (tertiary/aromatic N) is 3. The molecule has 0 radical (unpaired) electrons. The highest BCUT2D eigenvalue weighted by Crippen LogP contribution is 2.52. The molecule has 0 N–H and O–H groups in total. The molecular weight excluding hydrogens is 798 g/mol. The highest BCUT2D eigenvalue weighted by Gasteiger charge is 2.46. The molecule has 6 heteroatoms. The minimum atomic E-state index is -0.0469. The van der Waals surface area contributed by atoms with Gasteiger partial charge in [0.15, 0.2) is 0 Å². The van der Waals surface area contributed by atoms with Gasteiger partial charge in [0.2, 0.25) is 0 Å². The van der Waals surface area contributed by atoms with Gasteiger partial charge in [-0.2, -0.15) is 0 Å². The third-order valence-corrected chi connectivity index (χ3v) is 14.5. The Morgan fingerprint density at radius 3 is 1.77 bits per heavy atom. The molecular formula is C58H48BN3OS. The number of para-hydroxylation sites is 3. The van der Waals surface area contributed by atoms with E-state index in [0.29, 0.717) is 0 Å². The minimum absolute atomic E-state index is 0.0202. The molecule has 8 aromatic carbocycles. The smallest absolute Gasteiger partial charge is 0.264 e. The van der Waals surface area contributed by atoms with Gasteiger partial charge in [-0.25, -0.2) is 0 Å². The van der Waals surface area contributed by atoms with Crippen LogP contribution >= 0.6 is 11.3 Å². The zero-order valence-electron chi connectivity index (χ0n) is 37.1. The number of fused-ring (bicyclic) bond motifs is 9. The van der Waals surface area contributed by atoms with E-state index in [4.69, 9.17) is 4.42 Å². The molecule has 2 aliphatic heterocycles. The van der Waals surface area contributed by atoms with Gasteiger partial charge in [0, 0.05) is 54.4 Å². The molecule has 10 aromatic rings. The van der Waals surface area contributed by atoms with Crippen LogP contribution in [0, 0.1) is 0 Å². The maximum atomic E-state index is 6.64. The highest BCUT2D eigenvalue weighted by atomic mass is 32.1. The average molecular weight is 846 g/mol. The maximum absolute atomic E-state index is 6.64. The Labute approximate surface area is 379 Å². The van der Waals surface area contributed by atoms with Gasteiger partial charge in [0.1, 0.15) is 11.2 Å². The SMILES string of the molecule is CC(C)(C)c1ccc(N2c3ccc(C(C)(C)C)cc3B3c4sc5ccccc5c4N(c4cccc5oc6ccccc6c45)c4cc(N(c5ccccc5)c5ccccc5)cc2c43)cc1. The number of anilines is 9. The molecule has 12 rings (SSSR count). The first-order valence-electron chi connectivity index (χ1n) is 22.4. The van der Waals surface area contributed by atoms with Crippen molar-refractivity contribution in [2.45, 2.75) is 52.4 Å². The van der Waals surface area contributed by atoms with Gasteiger partial charge in [-0.1, -0.05) is 145 Å². The molecule has 0 atom stereocenters. The fraction of sp³-hybridized carbons (Fsp3) is 0.138. The molecule has 0 aliphatic carbocycles. The van der Waals surface area contributed by atoms with Crippen LogP contribution in [-0.2, 0) is 10.8 Å². The normalized spacial score (nSPS) is 13.4. The highest BCUT2D eigenvalue weighted by molar-refractivity contribution is 7.33. The summed E-state index contributed by atoms with van der Waals surface area (Å²) >= 11 is 1.94. The largest absolute Gasteiger partial charge is 0.456 e. The Hall–Kier alpha value is -7.02. The number of rotatable bonds is 5. The second kappa shape index (κ2) is 14.3. The van der Waals surface area contributed by atoms with E-state index in [0.717, 1.165) is 56.1 Å². The summed E-state index contributed by atoms with van der Waals surface area (Å²) in [7, 11) is 0. The molecule has 0 fully saturated rings. The number of benzene rings is 8. The summed E-state index contributed by atoms with van der Waals surface area (Å²) < 4.78 is 9.27. The van der Waals surface area contributed by atoms with E-state index in [1.54, 1.807) is 0 Å². The zero-order valence-corrected chi connectivity index (χ0v) is 37.9. The van der Waals surface area contributed by atoms with Crippen molar-refractivity contribution in [3.8, 4) is 0 Å². The number of furan rings is 1. The minimum Gasteiger partial charge on any atom is -0.456 e. The van der Waals surface area contributed by atoms with E-state index in [-0.39, 0.29) is 17.5 Å². The molecule has 0 saturated carbocycles. The van der Waals surface area contributed by atoms with Crippen molar-refractivity contribution in [3.63, 3.8) is 0 Å². The number of hydrogen-bond donors (Lipinski definition) is 0. The van der Waals surface area contributed by atoms with Gasteiger partial charge < -0.3 is 19.1 Å². The van der Waals surface area contributed by atoms with Gasteiger partial charge in [0.25, 0.3) is 6.71 Å². The van der Waals surface area contributed by atoms with Gasteiger partial charge in [-0.15, -0.1) is 11.3 Å². The lowest BCUT2D eigenvalue weighted by Gasteiger charge is -2.44. The molecule has 0 spiro atoms. The second-order valence-corrected chi connectivity index (χ2v) is 20.5. The molecule has 4 heterocycles. The summed E-state index contributed by atoms with van der Waals surface area (Å²) in [6.07, 6.45) is 0. The summed E-state index contributed by atoms with van der Waals surface area (Å²) in [4.78, 5) is 7.55. The Balaban J connectivity index is 1.25. The lowest BCUT2D eigenvalue weighted by atomic mass is 9.36. The van der Waals surface area contributed by atoms with Crippen LogP contribution in [0.4, 0.5) is 51.2 Å². The predicted octanol–water partition coefficient (Wildman–Crippen LogP) is 14.9. The molecule has 0 amide bonds. The van der Waals surface area contributed by atoms with E-state index in [1.807, 2.05) is 11.3 Å². The van der Waals surface area contributed by atoms with Crippen molar-refractivity contribution >= 4 is 117 Å². The Bertz CT molecular complexity index is 3390. The summed E-state index contributed by atoms with van der Waals surface area (Å²) in [6.45, 7) is 13.8. The molecule has 310 valence electrons. The van der Waals surface area contributed by atoms with Crippen molar-refractivity contribution in [2.24, 2.45) is 0 Å². The van der Waals surface area contributed by atoms with E-state index in [2.05, 4.69) is 238 Å². The van der Waals surface area contributed by atoms with Gasteiger partial charge in [0.05, 0.1) is 22.4 Å².